The van der Waals surface area contributed by atoms with E-state index in [4.69, 9.17) is 0 Å². The molecule has 0 unspecified atom stereocenters. The summed E-state index contributed by atoms with van der Waals surface area (Å²) in [6, 6.07) is 0. The Hall–Kier alpha value is -1.11. The van der Waals surface area contributed by atoms with E-state index in [0.29, 0.717) is 5.92 Å². The van der Waals surface area contributed by atoms with E-state index in [9.17, 15) is 0 Å². The van der Waals surface area contributed by atoms with Crippen molar-refractivity contribution in [3.63, 3.8) is 0 Å². The molecule has 1 nitrogen and oxygen atoms in total. The van der Waals surface area contributed by atoms with Gasteiger partial charge in [0.25, 0.3) is 0 Å². The molecule has 0 aromatic carbocycles. The summed E-state index contributed by atoms with van der Waals surface area (Å²) in [4.78, 5) is 4.42. The van der Waals surface area contributed by atoms with E-state index in [1.165, 1.54) is 5.57 Å². The summed E-state index contributed by atoms with van der Waals surface area (Å²) in [6.07, 6.45) is 5.93. The van der Waals surface area contributed by atoms with Crippen molar-refractivity contribution >= 4 is 5.71 Å². The molecule has 0 saturated heterocycles. The van der Waals surface area contributed by atoms with Gasteiger partial charge in [-0.2, -0.15) is 0 Å². The van der Waals surface area contributed by atoms with Crippen LogP contribution in [0.5, 0.6) is 0 Å². The summed E-state index contributed by atoms with van der Waals surface area (Å²) >= 11 is 0. The Morgan fingerprint density at radius 3 is 2.07 bits per heavy atom. The lowest BCUT2D eigenvalue weighted by molar-refractivity contribution is 0.888. The van der Waals surface area contributed by atoms with Gasteiger partial charge >= 0.3 is 0 Å². The summed E-state index contributed by atoms with van der Waals surface area (Å²) in [5.74, 6) is 0.446. The van der Waals surface area contributed by atoms with E-state index in [2.05, 4.69) is 25.4 Å². The molecule has 14 heavy (non-hydrogen) atoms. The predicted octanol–water partition coefficient (Wildman–Crippen LogP) is 4.14. The van der Waals surface area contributed by atoms with Crippen molar-refractivity contribution in [2.75, 3.05) is 0 Å². The fourth-order valence-corrected chi connectivity index (χ4v) is 0.816. The summed E-state index contributed by atoms with van der Waals surface area (Å²) in [6.45, 7) is 14.2. The molecule has 0 aliphatic heterocycles. The molecule has 78 valence electrons. The monoisotopic (exact) mass is 191 g/mol. The van der Waals surface area contributed by atoms with Crippen molar-refractivity contribution < 1.29 is 0 Å². The van der Waals surface area contributed by atoms with Crippen LogP contribution in [0.2, 0.25) is 0 Å². The summed E-state index contributed by atoms with van der Waals surface area (Å²) < 4.78 is 0. The van der Waals surface area contributed by atoms with Crippen LogP contribution in [0.1, 0.15) is 34.6 Å². The highest BCUT2D eigenvalue weighted by atomic mass is 14.7. The molecular formula is C13H21N. The highest BCUT2D eigenvalue weighted by Crippen LogP contribution is 2.03. The molecular weight excluding hydrogens is 170 g/mol. The Labute approximate surface area is 87.9 Å². The van der Waals surface area contributed by atoms with Crippen LogP contribution < -0.4 is 0 Å². The lowest BCUT2D eigenvalue weighted by atomic mass is 10.1. The SMILES string of the molecule is C=C(C)/C=C\C(=NC=C(C)C)C(C)C. The average molecular weight is 191 g/mol. The molecule has 0 N–H and O–H groups in total. The highest BCUT2D eigenvalue weighted by Gasteiger charge is 1.98. The van der Waals surface area contributed by atoms with Crippen LogP contribution in [0.3, 0.4) is 0 Å². The van der Waals surface area contributed by atoms with Crippen LogP contribution in [-0.4, -0.2) is 5.71 Å². The minimum Gasteiger partial charge on any atom is -0.261 e. The number of nitrogens with zero attached hydrogens (tertiary/aromatic N) is 1. The van der Waals surface area contributed by atoms with Gasteiger partial charge in [-0.25, -0.2) is 0 Å². The Balaban J connectivity index is 4.69. The second kappa shape index (κ2) is 6.36. The first kappa shape index (κ1) is 12.9. The zero-order valence-electron chi connectivity index (χ0n) is 9.96. The van der Waals surface area contributed by atoms with E-state index in [1.54, 1.807) is 0 Å². The maximum Gasteiger partial charge on any atom is 0.0429 e. The second-order valence-corrected chi connectivity index (χ2v) is 4.09. The van der Waals surface area contributed by atoms with E-state index in [-0.39, 0.29) is 0 Å². The fourth-order valence-electron chi connectivity index (χ4n) is 0.816. The van der Waals surface area contributed by atoms with Crippen LogP contribution in [0.4, 0.5) is 0 Å². The molecule has 0 aliphatic carbocycles. The first-order valence-corrected chi connectivity index (χ1v) is 4.98. The third-order valence-corrected chi connectivity index (χ3v) is 1.60. The Morgan fingerprint density at radius 1 is 1.14 bits per heavy atom. The van der Waals surface area contributed by atoms with Crippen LogP contribution in [0.25, 0.3) is 0 Å². The molecule has 0 amide bonds. The van der Waals surface area contributed by atoms with Gasteiger partial charge in [-0.3, -0.25) is 4.99 Å². The van der Waals surface area contributed by atoms with Crippen molar-refractivity contribution in [2.45, 2.75) is 34.6 Å². The minimum atomic E-state index is 0.446. The Morgan fingerprint density at radius 2 is 1.71 bits per heavy atom. The molecule has 0 aromatic heterocycles. The highest BCUT2D eigenvalue weighted by molar-refractivity contribution is 5.97. The van der Waals surface area contributed by atoms with Crippen molar-refractivity contribution in [1.29, 1.82) is 0 Å². The van der Waals surface area contributed by atoms with Crippen molar-refractivity contribution in [2.24, 2.45) is 10.9 Å². The molecule has 0 saturated carbocycles. The van der Waals surface area contributed by atoms with Gasteiger partial charge in [-0.15, -0.1) is 0 Å². The summed E-state index contributed by atoms with van der Waals surface area (Å²) in [5.41, 5.74) is 3.36. The number of hydrogen-bond donors (Lipinski definition) is 0. The molecule has 0 spiro atoms. The number of allylic oxidation sites excluding steroid dienone is 4. The van der Waals surface area contributed by atoms with Gasteiger partial charge in [0.1, 0.15) is 0 Å². The maximum atomic E-state index is 4.42. The Kier molecular flexibility index (Phi) is 5.86. The Bertz CT molecular complexity index is 274. The fraction of sp³-hybridized carbons (Fsp3) is 0.462. The average Bonchev–Trinajstić information content (AvgIpc) is 2.02. The summed E-state index contributed by atoms with van der Waals surface area (Å²) in [7, 11) is 0. The molecule has 1 heteroatoms. The number of aliphatic imine (C=N–C) groups is 1. The lowest BCUT2D eigenvalue weighted by Crippen LogP contribution is -2.03. The molecule has 0 aromatic rings. The van der Waals surface area contributed by atoms with Crippen LogP contribution >= 0.6 is 0 Å². The van der Waals surface area contributed by atoms with Crippen LogP contribution in [0.15, 0.2) is 41.1 Å². The van der Waals surface area contributed by atoms with Gasteiger partial charge in [-0.1, -0.05) is 37.6 Å². The van der Waals surface area contributed by atoms with Crippen molar-refractivity contribution in [1.82, 2.24) is 0 Å². The topological polar surface area (TPSA) is 12.4 Å². The molecule has 0 aliphatic rings. The third kappa shape index (κ3) is 6.41. The van der Waals surface area contributed by atoms with Gasteiger partial charge in [-0.05, 0) is 32.8 Å². The summed E-state index contributed by atoms with van der Waals surface area (Å²) in [5, 5.41) is 0. The predicted molar refractivity (Wildman–Crippen MR) is 65.7 cm³/mol. The van der Waals surface area contributed by atoms with Gasteiger partial charge in [0.15, 0.2) is 0 Å². The quantitative estimate of drug-likeness (QED) is 0.468. The van der Waals surface area contributed by atoms with Crippen LogP contribution in [0, 0.1) is 5.92 Å². The maximum absolute atomic E-state index is 4.42. The number of rotatable bonds is 4. The van der Waals surface area contributed by atoms with E-state index in [1.807, 2.05) is 39.1 Å². The van der Waals surface area contributed by atoms with Gasteiger partial charge in [0.2, 0.25) is 0 Å². The molecule has 0 fully saturated rings. The van der Waals surface area contributed by atoms with Crippen molar-refractivity contribution in [3.05, 3.63) is 36.1 Å². The zero-order chi connectivity index (χ0) is 11.1. The zero-order valence-corrected chi connectivity index (χ0v) is 9.96. The first-order valence-electron chi connectivity index (χ1n) is 4.98. The van der Waals surface area contributed by atoms with Gasteiger partial charge < -0.3 is 0 Å². The third-order valence-electron chi connectivity index (χ3n) is 1.60. The van der Waals surface area contributed by atoms with Crippen LogP contribution in [-0.2, 0) is 0 Å². The molecule has 0 rings (SSSR count). The lowest BCUT2D eigenvalue weighted by Gasteiger charge is -2.03. The molecule has 0 bridgehead atoms. The normalized spacial score (nSPS) is 12.3. The molecule has 0 heterocycles. The molecule has 0 radical (unpaired) electrons. The van der Waals surface area contributed by atoms with E-state index < -0.39 is 0 Å². The molecule has 0 atom stereocenters. The van der Waals surface area contributed by atoms with E-state index in [0.717, 1.165) is 11.3 Å². The largest absolute Gasteiger partial charge is 0.261 e. The number of hydrogen-bond acceptors (Lipinski definition) is 1. The smallest absolute Gasteiger partial charge is 0.0429 e. The van der Waals surface area contributed by atoms with Gasteiger partial charge in [0, 0.05) is 11.9 Å². The second-order valence-electron chi connectivity index (χ2n) is 4.09. The minimum absolute atomic E-state index is 0.446. The standard InChI is InChI=1S/C13H21N/c1-10(2)7-8-13(12(5)6)14-9-11(3)4/h7-9,12H,1H2,2-6H3/b8-7-,14-13?. The first-order chi connectivity index (χ1) is 6.43. The van der Waals surface area contributed by atoms with Gasteiger partial charge in [0.05, 0.1) is 0 Å². The van der Waals surface area contributed by atoms with Crippen molar-refractivity contribution in [3.8, 4) is 0 Å². The van der Waals surface area contributed by atoms with E-state index >= 15 is 0 Å².